The third kappa shape index (κ3) is 4.94. The molecule has 11 nitrogen and oxygen atoms in total. The minimum Gasteiger partial charge on any atom is -0.494 e. The normalized spacial score (nSPS) is 22.4. The number of nitrogens with zero attached hydrogens (tertiary/aromatic N) is 6. The van der Waals surface area contributed by atoms with Gasteiger partial charge in [-0.2, -0.15) is 0 Å². The number of sulfonamides is 1. The number of hydrogen-bond acceptors (Lipinski definition) is 7. The fraction of sp³-hybridized carbons (Fsp3) is 0.516. The minimum absolute atomic E-state index is 0.00877. The first kappa shape index (κ1) is 28.1. The van der Waals surface area contributed by atoms with Crippen molar-refractivity contribution in [1.29, 1.82) is 0 Å². The number of aryl methyl sites for hydroxylation is 1. The van der Waals surface area contributed by atoms with Crippen molar-refractivity contribution in [3.63, 3.8) is 0 Å². The second-order valence-electron chi connectivity index (χ2n) is 12.5. The first-order valence-electron chi connectivity index (χ1n) is 15.3. The van der Waals surface area contributed by atoms with Gasteiger partial charge in [0, 0.05) is 49.7 Å². The summed E-state index contributed by atoms with van der Waals surface area (Å²) in [5.41, 5.74) is 9.82. The molecule has 1 amide bonds. The van der Waals surface area contributed by atoms with E-state index in [9.17, 15) is 13.2 Å². The summed E-state index contributed by atoms with van der Waals surface area (Å²) in [7, 11) is 0.141. The number of benzene rings is 1. The van der Waals surface area contributed by atoms with Crippen molar-refractivity contribution in [2.45, 2.75) is 64.1 Å². The second-order valence-corrected chi connectivity index (χ2v) is 14.4. The summed E-state index contributed by atoms with van der Waals surface area (Å²) < 4.78 is 37.6. The fourth-order valence-corrected chi connectivity index (χ4v) is 8.55. The number of piperidine rings is 1. The van der Waals surface area contributed by atoms with Crippen molar-refractivity contribution in [3.8, 4) is 17.3 Å². The smallest absolute Gasteiger partial charge is 0.254 e. The molecule has 1 aromatic carbocycles. The Morgan fingerprint density at radius 1 is 1.09 bits per heavy atom. The highest BCUT2D eigenvalue weighted by atomic mass is 32.2. The third-order valence-corrected chi connectivity index (χ3v) is 11.1. The lowest BCUT2D eigenvalue weighted by Crippen LogP contribution is -2.45. The van der Waals surface area contributed by atoms with Crippen LogP contribution in [0.4, 0.5) is 5.82 Å². The van der Waals surface area contributed by atoms with Crippen LogP contribution in [-0.2, 0) is 23.6 Å². The highest BCUT2D eigenvalue weighted by Crippen LogP contribution is 2.38. The monoisotopic (exact) mass is 605 g/mol. The Labute approximate surface area is 251 Å². The average Bonchev–Trinajstić information content (AvgIpc) is 3.65. The molecule has 228 valence electrons. The van der Waals surface area contributed by atoms with Crippen LogP contribution in [0, 0.1) is 5.92 Å². The van der Waals surface area contributed by atoms with E-state index in [4.69, 9.17) is 20.4 Å². The maximum Gasteiger partial charge on any atom is 0.254 e. The zero-order valence-corrected chi connectivity index (χ0v) is 25.8. The van der Waals surface area contributed by atoms with Gasteiger partial charge in [-0.05, 0) is 81.7 Å². The lowest BCUT2D eigenvalue weighted by Gasteiger charge is -2.33. The molecule has 2 saturated heterocycles. The van der Waals surface area contributed by atoms with Gasteiger partial charge in [0.25, 0.3) is 5.91 Å². The molecule has 5 heterocycles. The molecule has 0 radical (unpaired) electrons. The van der Waals surface area contributed by atoms with Crippen LogP contribution in [0.15, 0.2) is 30.3 Å². The predicted octanol–water partition coefficient (Wildman–Crippen LogP) is 3.89. The van der Waals surface area contributed by atoms with E-state index < -0.39 is 10.0 Å². The molecule has 12 heteroatoms. The molecule has 2 N–H and O–H groups in total. The number of anilines is 1. The number of fused-ring (bicyclic) bond motifs is 2. The number of nitrogens with two attached hydrogens (primary N) is 1. The molecule has 3 aliphatic rings. The number of carbonyl (C=O) groups is 1. The zero-order chi connectivity index (χ0) is 30.0. The van der Waals surface area contributed by atoms with Gasteiger partial charge < -0.3 is 24.5 Å². The molecule has 2 aliphatic heterocycles. The first-order chi connectivity index (χ1) is 20.6. The van der Waals surface area contributed by atoms with Crippen LogP contribution in [0.3, 0.4) is 0 Å². The first-order valence-corrected chi connectivity index (χ1v) is 16.9. The van der Waals surface area contributed by atoms with Gasteiger partial charge in [0.1, 0.15) is 22.7 Å². The maximum absolute atomic E-state index is 13.5. The number of pyridine rings is 1. The minimum atomic E-state index is -3.42. The summed E-state index contributed by atoms with van der Waals surface area (Å²) in [6.07, 6.45) is 5.60. The number of ether oxygens (including phenoxy) is 1. The molecule has 7 rings (SSSR count). The average molecular weight is 606 g/mol. The number of methoxy groups -OCH3 is 1. The number of imidazole rings is 1. The molecule has 0 unspecified atom stereocenters. The highest BCUT2D eigenvalue weighted by Gasteiger charge is 2.34. The van der Waals surface area contributed by atoms with E-state index in [1.807, 2.05) is 41.6 Å². The quantitative estimate of drug-likeness (QED) is 0.353. The number of rotatable bonds is 6. The molecule has 1 aliphatic carbocycles. The molecule has 2 atom stereocenters. The number of likely N-dealkylation sites (tertiary alicyclic amines) is 1. The van der Waals surface area contributed by atoms with Crippen molar-refractivity contribution in [2.75, 3.05) is 30.3 Å². The number of carbonyl (C=O) groups excluding carboxylic acids is 1. The molecular formula is C31H39N7O4S. The van der Waals surface area contributed by atoms with Crippen molar-refractivity contribution in [2.24, 2.45) is 18.7 Å². The Kier molecular flexibility index (Phi) is 6.88. The molecule has 4 aromatic rings. The molecular weight excluding hydrogens is 566 g/mol. The topological polar surface area (TPSA) is 129 Å². The molecule has 3 fully saturated rings. The van der Waals surface area contributed by atoms with E-state index in [0.29, 0.717) is 48.1 Å². The van der Waals surface area contributed by atoms with Gasteiger partial charge in [0.15, 0.2) is 5.82 Å². The van der Waals surface area contributed by atoms with Crippen molar-refractivity contribution in [3.05, 3.63) is 35.9 Å². The van der Waals surface area contributed by atoms with Gasteiger partial charge >= 0.3 is 0 Å². The van der Waals surface area contributed by atoms with Crippen LogP contribution in [-0.4, -0.2) is 76.4 Å². The molecule has 0 bridgehead atoms. The Bertz CT molecular complexity index is 1840. The van der Waals surface area contributed by atoms with Crippen LogP contribution in [0.5, 0.6) is 5.75 Å². The Hall–Kier alpha value is -3.64. The summed E-state index contributed by atoms with van der Waals surface area (Å²) >= 11 is 0. The Morgan fingerprint density at radius 3 is 2.63 bits per heavy atom. The van der Waals surface area contributed by atoms with E-state index in [2.05, 4.69) is 10.6 Å². The van der Waals surface area contributed by atoms with Crippen LogP contribution >= 0.6 is 0 Å². The van der Waals surface area contributed by atoms with E-state index >= 15 is 0 Å². The lowest BCUT2D eigenvalue weighted by molar-refractivity contribution is 0.0708. The standard InChI is InChI=1S/C31H39N7O4S/c1-19-6-5-13-43(40,41)38(19)27-11-10-21-15-25(37(29(21)34-27)17-20-8-9-20)30-33-24-14-22(16-26(42-3)28(24)35(30)2)31(39)36-12-4-7-23(32)18-36/h10-11,14-16,19-20,23H,4-9,12-13,17-18,32H2,1-3H3/t19-,23+/m0/s1. The van der Waals surface area contributed by atoms with Gasteiger partial charge in [-0.15, -0.1) is 0 Å². The Balaban J connectivity index is 1.35. The largest absolute Gasteiger partial charge is 0.494 e. The second kappa shape index (κ2) is 10.5. The van der Waals surface area contributed by atoms with Crippen molar-refractivity contribution in [1.82, 2.24) is 24.0 Å². The molecule has 43 heavy (non-hydrogen) atoms. The fourth-order valence-electron chi connectivity index (χ4n) is 6.78. The number of aromatic nitrogens is 4. The number of hydrogen-bond donors (Lipinski definition) is 1. The van der Waals surface area contributed by atoms with E-state index in [1.165, 1.54) is 4.31 Å². The van der Waals surface area contributed by atoms with Crippen LogP contribution < -0.4 is 14.8 Å². The van der Waals surface area contributed by atoms with Gasteiger partial charge in [-0.3, -0.25) is 9.10 Å². The zero-order valence-electron chi connectivity index (χ0n) is 25.0. The van der Waals surface area contributed by atoms with Gasteiger partial charge in [0.05, 0.1) is 24.1 Å². The van der Waals surface area contributed by atoms with Crippen molar-refractivity contribution < 1.29 is 17.9 Å². The molecule has 1 saturated carbocycles. The summed E-state index contributed by atoms with van der Waals surface area (Å²) in [5.74, 6) is 2.40. The summed E-state index contributed by atoms with van der Waals surface area (Å²) in [4.78, 5) is 25.3. The van der Waals surface area contributed by atoms with Crippen molar-refractivity contribution >= 4 is 43.8 Å². The van der Waals surface area contributed by atoms with Gasteiger partial charge in [-0.25, -0.2) is 18.4 Å². The number of amides is 1. The molecule has 0 spiro atoms. The van der Waals surface area contributed by atoms with Crippen LogP contribution in [0.2, 0.25) is 0 Å². The summed E-state index contributed by atoms with van der Waals surface area (Å²) in [6.45, 7) is 3.95. The maximum atomic E-state index is 13.5. The van der Waals surface area contributed by atoms with E-state index in [-0.39, 0.29) is 23.7 Å². The third-order valence-electron chi connectivity index (χ3n) is 9.19. The highest BCUT2D eigenvalue weighted by molar-refractivity contribution is 7.92. The van der Waals surface area contributed by atoms with Crippen LogP contribution in [0.25, 0.3) is 33.6 Å². The lowest BCUT2D eigenvalue weighted by atomic mass is 10.0. The Morgan fingerprint density at radius 2 is 1.91 bits per heavy atom. The van der Waals surface area contributed by atoms with Gasteiger partial charge in [-0.1, -0.05) is 0 Å². The van der Waals surface area contributed by atoms with Gasteiger partial charge in [0.2, 0.25) is 10.0 Å². The van der Waals surface area contributed by atoms with E-state index in [0.717, 1.165) is 66.7 Å². The van der Waals surface area contributed by atoms with E-state index in [1.54, 1.807) is 13.2 Å². The summed E-state index contributed by atoms with van der Waals surface area (Å²) in [5, 5.41) is 0.929. The SMILES string of the molecule is COc1cc(C(=O)N2CCC[C@@H](N)C2)cc2nc(-c3cc4ccc(N5[C@@H](C)CCCS5(=O)=O)nc4n3CC3CC3)n(C)c12. The predicted molar refractivity (Wildman–Crippen MR) is 167 cm³/mol. The molecule has 3 aromatic heterocycles. The summed E-state index contributed by atoms with van der Waals surface area (Å²) in [6, 6.07) is 9.35. The van der Waals surface area contributed by atoms with Crippen LogP contribution in [0.1, 0.15) is 55.8 Å².